The molecule has 1 aromatic heterocycles. The molecule has 4 heteroatoms. The molecule has 27 heavy (non-hydrogen) atoms. The van der Waals surface area contributed by atoms with Crippen molar-refractivity contribution in [2.75, 3.05) is 5.32 Å². The second-order valence-electron chi connectivity index (χ2n) is 7.39. The lowest BCUT2D eigenvalue weighted by Crippen LogP contribution is -2.20. The van der Waals surface area contributed by atoms with Crippen LogP contribution in [0.1, 0.15) is 43.6 Å². The lowest BCUT2D eigenvalue weighted by Gasteiger charge is -2.29. The standard InChI is InChI=1S/C23H23FN2O/c24-18-9-11-19(12-10-18)26-23(27)15-16-5-7-17(8-6-16)20-13-14-25-22-4-2-1-3-21(20)22/h1-4,9-14,16-17H,5-8,15H2,(H,26,27)/t16-,17+. The number of nitrogens with one attached hydrogen (secondary N) is 1. The normalized spacial score (nSPS) is 19.7. The molecule has 0 aliphatic heterocycles. The lowest BCUT2D eigenvalue weighted by atomic mass is 9.77. The van der Waals surface area contributed by atoms with Gasteiger partial charge in [-0.25, -0.2) is 4.39 Å². The zero-order valence-electron chi connectivity index (χ0n) is 15.2. The molecule has 0 atom stereocenters. The van der Waals surface area contributed by atoms with E-state index in [0.29, 0.717) is 23.9 Å². The van der Waals surface area contributed by atoms with E-state index < -0.39 is 0 Å². The van der Waals surface area contributed by atoms with Crippen molar-refractivity contribution in [2.45, 2.75) is 38.0 Å². The highest BCUT2D eigenvalue weighted by Crippen LogP contribution is 2.39. The first-order chi connectivity index (χ1) is 13.2. The number of carbonyl (C=O) groups is 1. The van der Waals surface area contributed by atoms with Gasteiger partial charge in [-0.3, -0.25) is 9.78 Å². The van der Waals surface area contributed by atoms with E-state index in [2.05, 4.69) is 34.6 Å². The SMILES string of the molecule is O=C(C[C@H]1CC[C@@H](c2ccnc3ccccc32)CC1)Nc1ccc(F)cc1. The van der Waals surface area contributed by atoms with Gasteiger partial charge in [-0.1, -0.05) is 18.2 Å². The lowest BCUT2D eigenvalue weighted by molar-refractivity contribution is -0.117. The fourth-order valence-electron chi connectivity index (χ4n) is 4.16. The molecule has 3 aromatic rings. The van der Waals surface area contributed by atoms with Gasteiger partial charge in [0.05, 0.1) is 5.52 Å². The van der Waals surface area contributed by atoms with Gasteiger partial charge < -0.3 is 5.32 Å². The molecule has 1 amide bonds. The highest BCUT2D eigenvalue weighted by Gasteiger charge is 2.25. The van der Waals surface area contributed by atoms with E-state index >= 15 is 0 Å². The quantitative estimate of drug-likeness (QED) is 0.649. The molecule has 0 saturated heterocycles. The van der Waals surface area contributed by atoms with E-state index in [1.165, 1.54) is 23.1 Å². The van der Waals surface area contributed by atoms with E-state index in [1.54, 1.807) is 12.1 Å². The highest BCUT2D eigenvalue weighted by molar-refractivity contribution is 5.90. The maximum Gasteiger partial charge on any atom is 0.224 e. The number of benzene rings is 2. The number of pyridine rings is 1. The number of fused-ring (bicyclic) bond motifs is 1. The first-order valence-corrected chi connectivity index (χ1v) is 9.58. The van der Waals surface area contributed by atoms with Crippen LogP contribution in [0.2, 0.25) is 0 Å². The maximum absolute atomic E-state index is 13.0. The van der Waals surface area contributed by atoms with Crippen molar-refractivity contribution in [3.8, 4) is 0 Å². The molecular weight excluding hydrogens is 339 g/mol. The van der Waals surface area contributed by atoms with E-state index in [-0.39, 0.29) is 11.7 Å². The zero-order chi connectivity index (χ0) is 18.6. The molecule has 2 aromatic carbocycles. The Morgan fingerprint density at radius 3 is 2.52 bits per heavy atom. The number of rotatable bonds is 4. The molecular formula is C23H23FN2O. The molecule has 3 nitrogen and oxygen atoms in total. The molecule has 4 rings (SSSR count). The van der Waals surface area contributed by atoms with Gasteiger partial charge >= 0.3 is 0 Å². The topological polar surface area (TPSA) is 42.0 Å². The number of para-hydroxylation sites is 1. The largest absolute Gasteiger partial charge is 0.326 e. The van der Waals surface area contributed by atoms with E-state index in [0.717, 1.165) is 31.2 Å². The van der Waals surface area contributed by atoms with E-state index in [9.17, 15) is 9.18 Å². The van der Waals surface area contributed by atoms with Crippen LogP contribution in [0.25, 0.3) is 10.9 Å². The van der Waals surface area contributed by atoms with Gasteiger partial charge in [0.15, 0.2) is 0 Å². The van der Waals surface area contributed by atoms with Crippen molar-refractivity contribution in [1.82, 2.24) is 4.98 Å². The monoisotopic (exact) mass is 362 g/mol. The van der Waals surface area contributed by atoms with Gasteiger partial charge in [0.1, 0.15) is 5.82 Å². The molecule has 1 aliphatic rings. The molecule has 0 radical (unpaired) electrons. The number of anilines is 1. The van der Waals surface area contributed by atoms with Crippen LogP contribution in [-0.2, 0) is 4.79 Å². The minimum Gasteiger partial charge on any atom is -0.326 e. The first-order valence-electron chi connectivity index (χ1n) is 9.58. The summed E-state index contributed by atoms with van der Waals surface area (Å²) in [6, 6.07) is 16.4. The van der Waals surface area contributed by atoms with Gasteiger partial charge in [0.2, 0.25) is 5.91 Å². The number of hydrogen-bond donors (Lipinski definition) is 1. The van der Waals surface area contributed by atoms with Crippen molar-refractivity contribution < 1.29 is 9.18 Å². The van der Waals surface area contributed by atoms with Gasteiger partial charge in [0, 0.05) is 23.7 Å². The van der Waals surface area contributed by atoms with Gasteiger partial charge in [-0.05, 0) is 79.5 Å². The summed E-state index contributed by atoms with van der Waals surface area (Å²) in [5.41, 5.74) is 3.09. The molecule has 1 aliphatic carbocycles. The number of halogens is 1. The number of nitrogens with zero attached hydrogens (tertiary/aromatic N) is 1. The minimum absolute atomic E-state index is 0.0134. The summed E-state index contributed by atoms with van der Waals surface area (Å²) in [5.74, 6) is 0.665. The van der Waals surface area contributed by atoms with Gasteiger partial charge in [-0.15, -0.1) is 0 Å². The summed E-state index contributed by atoms with van der Waals surface area (Å²) in [7, 11) is 0. The van der Waals surface area contributed by atoms with Gasteiger partial charge in [0.25, 0.3) is 0 Å². The van der Waals surface area contributed by atoms with Crippen molar-refractivity contribution >= 4 is 22.5 Å². The van der Waals surface area contributed by atoms with Crippen LogP contribution in [0.3, 0.4) is 0 Å². The average Bonchev–Trinajstić information content (AvgIpc) is 2.70. The van der Waals surface area contributed by atoms with Crippen LogP contribution in [0.5, 0.6) is 0 Å². The van der Waals surface area contributed by atoms with Crippen LogP contribution < -0.4 is 5.32 Å². The van der Waals surface area contributed by atoms with Crippen LogP contribution >= 0.6 is 0 Å². The van der Waals surface area contributed by atoms with Crippen molar-refractivity contribution in [2.24, 2.45) is 5.92 Å². The summed E-state index contributed by atoms with van der Waals surface area (Å²) >= 11 is 0. The Morgan fingerprint density at radius 2 is 1.74 bits per heavy atom. The molecule has 138 valence electrons. The van der Waals surface area contributed by atoms with Gasteiger partial charge in [-0.2, -0.15) is 0 Å². The Labute approximate surface area is 158 Å². The summed E-state index contributed by atoms with van der Waals surface area (Å²) < 4.78 is 13.0. The van der Waals surface area contributed by atoms with Crippen LogP contribution in [0.4, 0.5) is 10.1 Å². The summed E-state index contributed by atoms with van der Waals surface area (Å²) in [6.45, 7) is 0. The molecule has 0 unspecified atom stereocenters. The Morgan fingerprint density at radius 1 is 1.00 bits per heavy atom. The predicted molar refractivity (Wildman–Crippen MR) is 106 cm³/mol. The Kier molecular flexibility index (Phi) is 5.14. The fraction of sp³-hybridized carbons (Fsp3) is 0.304. The minimum atomic E-state index is -0.296. The second-order valence-corrected chi connectivity index (χ2v) is 7.39. The number of aromatic nitrogens is 1. The Bertz CT molecular complexity index is 925. The molecule has 1 N–H and O–H groups in total. The molecule has 1 fully saturated rings. The van der Waals surface area contributed by atoms with Crippen molar-refractivity contribution in [1.29, 1.82) is 0 Å². The maximum atomic E-state index is 13.0. The third kappa shape index (κ3) is 4.16. The third-order valence-electron chi connectivity index (χ3n) is 5.57. The fourth-order valence-corrected chi connectivity index (χ4v) is 4.16. The van der Waals surface area contributed by atoms with Crippen molar-refractivity contribution in [3.05, 3.63) is 72.2 Å². The summed E-state index contributed by atoms with van der Waals surface area (Å²) in [6.07, 6.45) is 6.74. The molecule has 1 heterocycles. The van der Waals surface area contributed by atoms with Crippen LogP contribution in [-0.4, -0.2) is 10.9 Å². The van der Waals surface area contributed by atoms with Crippen LogP contribution in [0, 0.1) is 11.7 Å². The summed E-state index contributed by atoms with van der Waals surface area (Å²) in [4.78, 5) is 16.7. The molecule has 1 saturated carbocycles. The van der Waals surface area contributed by atoms with Crippen LogP contribution in [0.15, 0.2) is 60.8 Å². The Balaban J connectivity index is 1.34. The average molecular weight is 362 g/mol. The first kappa shape index (κ1) is 17.7. The predicted octanol–water partition coefficient (Wildman–Crippen LogP) is 5.68. The molecule has 0 bridgehead atoms. The Hall–Kier alpha value is -2.75. The van der Waals surface area contributed by atoms with Crippen molar-refractivity contribution in [3.63, 3.8) is 0 Å². The molecule has 0 spiro atoms. The van der Waals surface area contributed by atoms with E-state index in [4.69, 9.17) is 0 Å². The number of amides is 1. The summed E-state index contributed by atoms with van der Waals surface area (Å²) in [5, 5.41) is 4.12. The zero-order valence-corrected chi connectivity index (χ0v) is 15.2. The number of hydrogen-bond acceptors (Lipinski definition) is 2. The second kappa shape index (κ2) is 7.87. The smallest absolute Gasteiger partial charge is 0.224 e. The highest BCUT2D eigenvalue weighted by atomic mass is 19.1. The van der Waals surface area contributed by atoms with E-state index in [1.807, 2.05) is 12.3 Å². The number of carbonyl (C=O) groups excluding carboxylic acids is 1. The third-order valence-corrected chi connectivity index (χ3v) is 5.57.